The average molecular weight is 462 g/mol. The molecule has 0 amide bonds. The quantitative estimate of drug-likeness (QED) is 0.466. The van der Waals surface area contributed by atoms with E-state index in [4.69, 9.17) is 9.15 Å². The maximum Gasteiger partial charge on any atom is 0.258 e. The molecule has 4 heterocycles. The van der Waals surface area contributed by atoms with Crippen LogP contribution in [-0.2, 0) is 5.75 Å². The first-order valence-corrected chi connectivity index (χ1v) is 11.5. The zero-order chi connectivity index (χ0) is 22.9. The molecule has 4 aromatic rings. The van der Waals surface area contributed by atoms with Gasteiger partial charge in [-0.15, -0.1) is 11.8 Å². The van der Waals surface area contributed by atoms with Gasteiger partial charge in [-0.3, -0.25) is 19.5 Å². The molecular formula is C24H23N5O3S. The van der Waals surface area contributed by atoms with Gasteiger partial charge < -0.3 is 9.15 Å². The minimum absolute atomic E-state index is 0.0942. The van der Waals surface area contributed by atoms with E-state index in [1.165, 1.54) is 0 Å². The van der Waals surface area contributed by atoms with E-state index < -0.39 is 0 Å². The number of hydrogen-bond acceptors (Lipinski definition) is 8. The lowest BCUT2D eigenvalue weighted by Crippen LogP contribution is -2.38. The van der Waals surface area contributed by atoms with Gasteiger partial charge in [0.2, 0.25) is 0 Å². The SMILES string of the molecule is COc1ccccc1N1C(c2ccc(C)o2)=NNC1SCc1cc(=O)n2cc(C)ccc2n1. The molecule has 8 nitrogen and oxygen atoms in total. The van der Waals surface area contributed by atoms with Crippen LogP contribution in [0.3, 0.4) is 0 Å². The second-order valence-corrected chi connectivity index (χ2v) is 8.77. The van der Waals surface area contributed by atoms with Crippen molar-refractivity contribution in [3.8, 4) is 5.75 Å². The second kappa shape index (κ2) is 8.67. The van der Waals surface area contributed by atoms with Crippen LogP contribution in [0.15, 0.2) is 75.1 Å². The number of hydrazone groups is 1. The number of ether oxygens (including phenoxy) is 1. The summed E-state index contributed by atoms with van der Waals surface area (Å²) in [5.74, 6) is 3.36. The van der Waals surface area contributed by atoms with E-state index in [0.29, 0.717) is 28.7 Å². The normalized spacial score (nSPS) is 15.5. The summed E-state index contributed by atoms with van der Waals surface area (Å²) in [6.45, 7) is 3.85. The third kappa shape index (κ3) is 4.07. The van der Waals surface area contributed by atoms with Crippen LogP contribution in [-0.4, -0.2) is 27.8 Å². The summed E-state index contributed by atoms with van der Waals surface area (Å²) in [6, 6.07) is 17.0. The topological polar surface area (TPSA) is 84.4 Å². The Hall–Kier alpha value is -3.72. The zero-order valence-electron chi connectivity index (χ0n) is 18.5. The number of pyridine rings is 1. The molecule has 0 fully saturated rings. The number of rotatable bonds is 6. The third-order valence-electron chi connectivity index (χ3n) is 5.30. The highest BCUT2D eigenvalue weighted by atomic mass is 32.2. The minimum atomic E-state index is -0.250. The molecular weight excluding hydrogens is 438 g/mol. The summed E-state index contributed by atoms with van der Waals surface area (Å²) >= 11 is 1.58. The Morgan fingerprint density at radius 1 is 1.15 bits per heavy atom. The Balaban J connectivity index is 1.45. The molecule has 0 bridgehead atoms. The molecule has 1 aliphatic heterocycles. The van der Waals surface area contributed by atoms with Crippen molar-refractivity contribution < 1.29 is 9.15 Å². The van der Waals surface area contributed by atoms with Gasteiger partial charge in [0, 0.05) is 18.0 Å². The Morgan fingerprint density at radius 2 is 2.00 bits per heavy atom. The number of hydrogen-bond donors (Lipinski definition) is 1. The Morgan fingerprint density at radius 3 is 2.79 bits per heavy atom. The van der Waals surface area contributed by atoms with E-state index in [2.05, 4.69) is 15.5 Å². The molecule has 9 heteroatoms. The van der Waals surface area contributed by atoms with Gasteiger partial charge in [-0.1, -0.05) is 18.2 Å². The van der Waals surface area contributed by atoms with E-state index in [1.54, 1.807) is 35.5 Å². The molecule has 1 unspecified atom stereocenters. The zero-order valence-corrected chi connectivity index (χ0v) is 19.3. The van der Waals surface area contributed by atoms with Gasteiger partial charge in [0.15, 0.2) is 17.1 Å². The molecule has 1 aliphatic rings. The highest BCUT2D eigenvalue weighted by Gasteiger charge is 2.34. The van der Waals surface area contributed by atoms with Crippen LogP contribution in [0.4, 0.5) is 5.69 Å². The molecule has 0 saturated heterocycles. The number of amidine groups is 1. The number of aryl methyl sites for hydroxylation is 2. The maximum absolute atomic E-state index is 12.6. The van der Waals surface area contributed by atoms with Gasteiger partial charge in [-0.05, 0) is 49.7 Å². The van der Waals surface area contributed by atoms with Crippen LogP contribution in [0, 0.1) is 13.8 Å². The summed E-state index contributed by atoms with van der Waals surface area (Å²) in [5.41, 5.74) is 6.06. The summed E-state index contributed by atoms with van der Waals surface area (Å²) in [5, 5.41) is 4.56. The summed E-state index contributed by atoms with van der Waals surface area (Å²) in [6.07, 6.45) is 1.80. The van der Waals surface area contributed by atoms with E-state index in [9.17, 15) is 4.79 Å². The predicted octanol–water partition coefficient (Wildman–Crippen LogP) is 3.90. The molecule has 33 heavy (non-hydrogen) atoms. The van der Waals surface area contributed by atoms with Crippen molar-refractivity contribution in [2.45, 2.75) is 25.1 Å². The summed E-state index contributed by atoms with van der Waals surface area (Å²) in [7, 11) is 1.65. The lowest BCUT2D eigenvalue weighted by Gasteiger charge is -2.27. The fourth-order valence-corrected chi connectivity index (χ4v) is 4.71. The van der Waals surface area contributed by atoms with E-state index >= 15 is 0 Å². The van der Waals surface area contributed by atoms with Gasteiger partial charge in [0.25, 0.3) is 5.56 Å². The largest absolute Gasteiger partial charge is 0.495 e. The summed E-state index contributed by atoms with van der Waals surface area (Å²) in [4.78, 5) is 19.3. The summed E-state index contributed by atoms with van der Waals surface area (Å²) < 4.78 is 13.0. The number of nitrogens with zero attached hydrogens (tertiary/aromatic N) is 4. The number of methoxy groups -OCH3 is 1. The first-order valence-electron chi connectivity index (χ1n) is 10.5. The molecule has 0 radical (unpaired) electrons. The van der Waals surface area contributed by atoms with Gasteiger partial charge in [0.05, 0.1) is 18.5 Å². The number of aromatic nitrogens is 2. The van der Waals surface area contributed by atoms with Crippen LogP contribution < -0.4 is 20.6 Å². The van der Waals surface area contributed by atoms with Gasteiger partial charge in [-0.25, -0.2) is 4.98 Å². The van der Waals surface area contributed by atoms with Crippen molar-refractivity contribution in [3.05, 3.63) is 93.9 Å². The molecule has 0 saturated carbocycles. The number of furan rings is 1. The number of fused-ring (bicyclic) bond motifs is 1. The smallest absolute Gasteiger partial charge is 0.258 e. The van der Waals surface area contributed by atoms with E-state index in [1.807, 2.05) is 67.3 Å². The fourth-order valence-electron chi connectivity index (χ4n) is 3.75. The second-order valence-electron chi connectivity index (χ2n) is 7.70. The van der Waals surface area contributed by atoms with Crippen molar-refractivity contribution in [3.63, 3.8) is 0 Å². The van der Waals surface area contributed by atoms with Crippen molar-refractivity contribution in [1.82, 2.24) is 14.8 Å². The number of para-hydroxylation sites is 2. The molecule has 1 N–H and O–H groups in total. The number of anilines is 1. The highest BCUT2D eigenvalue weighted by molar-refractivity contribution is 7.99. The van der Waals surface area contributed by atoms with Crippen molar-refractivity contribution in [1.29, 1.82) is 0 Å². The Labute approximate surface area is 194 Å². The van der Waals surface area contributed by atoms with Crippen LogP contribution in [0.1, 0.15) is 22.8 Å². The average Bonchev–Trinajstić information content (AvgIpc) is 3.44. The minimum Gasteiger partial charge on any atom is -0.495 e. The first-order chi connectivity index (χ1) is 16.0. The number of nitrogens with one attached hydrogen (secondary N) is 1. The highest BCUT2D eigenvalue weighted by Crippen LogP contribution is 2.36. The molecule has 0 spiro atoms. The predicted molar refractivity (Wildman–Crippen MR) is 130 cm³/mol. The molecule has 1 aromatic carbocycles. The van der Waals surface area contributed by atoms with Crippen molar-refractivity contribution in [2.75, 3.05) is 12.0 Å². The van der Waals surface area contributed by atoms with Crippen molar-refractivity contribution in [2.24, 2.45) is 5.10 Å². The maximum atomic E-state index is 12.6. The Bertz CT molecular complexity index is 1410. The standard InChI is InChI=1S/C24H23N5O3S/c1-15-8-11-21-25-17(12-22(30)28(21)13-15)14-33-24-27-26-23(20-10-9-16(2)32-20)29(24)18-6-4-5-7-19(18)31-3/h4-13,24,27H,14H2,1-3H3. The van der Waals surface area contributed by atoms with Crippen molar-refractivity contribution >= 4 is 28.9 Å². The van der Waals surface area contributed by atoms with Gasteiger partial charge in [-0.2, -0.15) is 5.10 Å². The van der Waals surface area contributed by atoms with E-state index in [0.717, 1.165) is 22.8 Å². The molecule has 3 aromatic heterocycles. The Kier molecular flexibility index (Phi) is 5.55. The lowest BCUT2D eigenvalue weighted by molar-refractivity contribution is 0.415. The third-order valence-corrected chi connectivity index (χ3v) is 6.39. The molecule has 168 valence electrons. The van der Waals surface area contributed by atoms with Gasteiger partial charge >= 0.3 is 0 Å². The van der Waals surface area contributed by atoms with E-state index in [-0.39, 0.29) is 11.1 Å². The number of thioether (sulfide) groups is 1. The van der Waals surface area contributed by atoms with Crippen LogP contribution in [0.2, 0.25) is 0 Å². The van der Waals surface area contributed by atoms with Crippen LogP contribution in [0.5, 0.6) is 5.75 Å². The monoisotopic (exact) mass is 461 g/mol. The van der Waals surface area contributed by atoms with Gasteiger partial charge in [0.1, 0.15) is 17.2 Å². The molecule has 0 aliphatic carbocycles. The first kappa shape index (κ1) is 21.1. The number of benzene rings is 1. The fraction of sp³-hybridized carbons (Fsp3) is 0.208. The lowest BCUT2D eigenvalue weighted by atomic mass is 10.2. The molecule has 5 rings (SSSR count). The van der Waals surface area contributed by atoms with Crippen LogP contribution >= 0.6 is 11.8 Å². The molecule has 1 atom stereocenters. The van der Waals surface area contributed by atoms with Crippen LogP contribution in [0.25, 0.3) is 5.65 Å².